The Balaban J connectivity index is 1.82. The molecular formula is C17H12N2O6S. The highest BCUT2D eigenvalue weighted by molar-refractivity contribution is 7.92. The summed E-state index contributed by atoms with van der Waals surface area (Å²) in [6, 6.07) is 11.1. The molecule has 3 aromatic rings. The molecule has 2 aromatic carbocycles. The second-order valence-corrected chi connectivity index (χ2v) is 7.71. The molecule has 0 aliphatic carbocycles. The fraction of sp³-hybridized carbons (Fsp3) is 0.118. The molecule has 0 fully saturated rings. The minimum absolute atomic E-state index is 0.0261. The molecule has 26 heavy (non-hydrogen) atoms. The molecule has 0 saturated carbocycles. The maximum atomic E-state index is 13.1. The number of hydrogen-bond acceptors (Lipinski definition) is 6. The van der Waals surface area contributed by atoms with Crippen molar-refractivity contribution < 1.29 is 17.8 Å². The highest BCUT2D eigenvalue weighted by atomic mass is 32.2. The molecule has 1 aliphatic rings. The zero-order chi connectivity index (χ0) is 18.5. The Morgan fingerprint density at radius 2 is 1.88 bits per heavy atom. The number of anilines is 1. The van der Waals surface area contributed by atoms with Crippen molar-refractivity contribution in [3.05, 3.63) is 74.6 Å². The summed E-state index contributed by atoms with van der Waals surface area (Å²) in [4.78, 5) is 21.7. The van der Waals surface area contributed by atoms with Crippen LogP contribution in [0.1, 0.15) is 5.56 Å². The molecule has 4 rings (SSSR count). The van der Waals surface area contributed by atoms with E-state index < -0.39 is 20.6 Å². The predicted molar refractivity (Wildman–Crippen MR) is 93.8 cm³/mol. The Hall–Kier alpha value is -3.20. The molecule has 0 N–H and O–H groups in total. The maximum absolute atomic E-state index is 13.1. The first kappa shape index (κ1) is 16.3. The third-order valence-corrected chi connectivity index (χ3v) is 6.12. The molecular weight excluding hydrogens is 360 g/mol. The summed E-state index contributed by atoms with van der Waals surface area (Å²) >= 11 is 0. The Morgan fingerprint density at radius 3 is 2.65 bits per heavy atom. The lowest BCUT2D eigenvalue weighted by Crippen LogP contribution is -2.29. The third kappa shape index (κ3) is 2.53. The summed E-state index contributed by atoms with van der Waals surface area (Å²) in [6.07, 6.45) is 0.481. The van der Waals surface area contributed by atoms with Crippen molar-refractivity contribution in [3.63, 3.8) is 0 Å². The van der Waals surface area contributed by atoms with Gasteiger partial charge in [-0.25, -0.2) is 13.2 Å². The molecule has 2 heterocycles. The van der Waals surface area contributed by atoms with Gasteiger partial charge in [0, 0.05) is 30.1 Å². The van der Waals surface area contributed by atoms with Crippen LogP contribution in [0, 0.1) is 10.1 Å². The summed E-state index contributed by atoms with van der Waals surface area (Å²) in [7, 11) is -3.91. The number of nitro benzene ring substituents is 1. The number of nitro groups is 1. The summed E-state index contributed by atoms with van der Waals surface area (Å²) < 4.78 is 32.3. The Kier molecular flexibility index (Phi) is 3.55. The van der Waals surface area contributed by atoms with Crippen molar-refractivity contribution >= 4 is 32.4 Å². The Morgan fingerprint density at radius 1 is 1.08 bits per heavy atom. The van der Waals surface area contributed by atoms with Gasteiger partial charge in [0.15, 0.2) is 0 Å². The van der Waals surface area contributed by atoms with Crippen LogP contribution in [-0.2, 0) is 16.4 Å². The SMILES string of the molecule is O=c1ccc2cc(S(=O)(=O)N3CCc4ccc([N+](=O)[O-])cc43)ccc2o1. The second kappa shape index (κ2) is 5.67. The molecule has 0 radical (unpaired) electrons. The molecule has 132 valence electrons. The lowest BCUT2D eigenvalue weighted by Gasteiger charge is -2.19. The number of rotatable bonds is 3. The van der Waals surface area contributed by atoms with E-state index in [-0.39, 0.29) is 22.7 Å². The molecule has 0 saturated heterocycles. The topological polar surface area (TPSA) is 111 Å². The monoisotopic (exact) mass is 372 g/mol. The minimum Gasteiger partial charge on any atom is -0.423 e. The van der Waals surface area contributed by atoms with Crippen LogP contribution in [-0.4, -0.2) is 19.9 Å². The van der Waals surface area contributed by atoms with Crippen molar-refractivity contribution in [1.82, 2.24) is 0 Å². The largest absolute Gasteiger partial charge is 0.423 e. The highest BCUT2D eigenvalue weighted by Crippen LogP contribution is 2.36. The predicted octanol–water partition coefficient (Wildman–Crippen LogP) is 2.45. The van der Waals surface area contributed by atoms with E-state index in [9.17, 15) is 23.3 Å². The van der Waals surface area contributed by atoms with Crippen LogP contribution in [0.2, 0.25) is 0 Å². The van der Waals surface area contributed by atoms with Gasteiger partial charge in [-0.2, -0.15) is 0 Å². The van der Waals surface area contributed by atoms with E-state index in [1.807, 2.05) is 0 Å². The van der Waals surface area contributed by atoms with Gasteiger partial charge in [-0.1, -0.05) is 6.07 Å². The summed E-state index contributed by atoms with van der Waals surface area (Å²) in [5, 5.41) is 11.5. The molecule has 9 heteroatoms. The van der Waals surface area contributed by atoms with Gasteiger partial charge in [-0.15, -0.1) is 0 Å². The normalized spacial score (nSPS) is 13.8. The molecule has 0 amide bonds. The zero-order valence-electron chi connectivity index (χ0n) is 13.3. The lowest BCUT2D eigenvalue weighted by atomic mass is 10.1. The third-order valence-electron chi connectivity index (χ3n) is 4.31. The lowest BCUT2D eigenvalue weighted by molar-refractivity contribution is -0.384. The van der Waals surface area contributed by atoms with Crippen molar-refractivity contribution in [2.24, 2.45) is 0 Å². The molecule has 0 unspecified atom stereocenters. The smallest absolute Gasteiger partial charge is 0.336 e. The zero-order valence-corrected chi connectivity index (χ0v) is 14.1. The summed E-state index contributed by atoms with van der Waals surface area (Å²) in [5.74, 6) is 0. The molecule has 0 spiro atoms. The second-order valence-electron chi connectivity index (χ2n) is 5.85. The van der Waals surface area contributed by atoms with Crippen molar-refractivity contribution in [3.8, 4) is 0 Å². The summed E-state index contributed by atoms with van der Waals surface area (Å²) in [5.41, 5.74) is 0.666. The standard InChI is InChI=1S/C17H12N2O6S/c20-17-6-2-12-9-14(4-5-16(12)25-17)26(23,24)18-8-7-11-1-3-13(19(21)22)10-15(11)18/h1-6,9-10H,7-8H2. The fourth-order valence-corrected chi connectivity index (χ4v) is 4.57. The molecule has 1 aromatic heterocycles. The Bertz CT molecular complexity index is 1220. The van der Waals surface area contributed by atoms with Crippen LogP contribution in [0.4, 0.5) is 11.4 Å². The van der Waals surface area contributed by atoms with Gasteiger partial charge in [0.1, 0.15) is 5.58 Å². The van der Waals surface area contributed by atoms with Gasteiger partial charge in [-0.3, -0.25) is 14.4 Å². The van der Waals surface area contributed by atoms with Gasteiger partial charge in [0.25, 0.3) is 15.7 Å². The van der Waals surface area contributed by atoms with Gasteiger partial charge in [0.2, 0.25) is 0 Å². The quantitative estimate of drug-likeness (QED) is 0.397. The van der Waals surface area contributed by atoms with E-state index in [2.05, 4.69) is 0 Å². The number of benzene rings is 2. The van der Waals surface area contributed by atoms with Gasteiger partial charge >= 0.3 is 5.63 Å². The van der Waals surface area contributed by atoms with Gasteiger partial charge < -0.3 is 4.42 Å². The first-order valence-electron chi connectivity index (χ1n) is 7.70. The van der Waals surface area contributed by atoms with E-state index in [1.165, 1.54) is 46.8 Å². The van der Waals surface area contributed by atoms with Crippen LogP contribution in [0.5, 0.6) is 0 Å². The van der Waals surface area contributed by atoms with Crippen molar-refractivity contribution in [2.45, 2.75) is 11.3 Å². The molecule has 8 nitrogen and oxygen atoms in total. The van der Waals surface area contributed by atoms with E-state index in [0.717, 1.165) is 5.56 Å². The average Bonchev–Trinajstić information content (AvgIpc) is 3.05. The van der Waals surface area contributed by atoms with Crippen LogP contribution in [0.25, 0.3) is 11.0 Å². The molecule has 0 bridgehead atoms. The van der Waals surface area contributed by atoms with Gasteiger partial charge in [-0.05, 0) is 36.2 Å². The first-order chi connectivity index (χ1) is 12.4. The number of non-ortho nitro benzene ring substituents is 1. The van der Waals surface area contributed by atoms with Crippen molar-refractivity contribution in [2.75, 3.05) is 10.8 Å². The van der Waals surface area contributed by atoms with E-state index in [4.69, 9.17) is 4.42 Å². The number of sulfonamides is 1. The van der Waals surface area contributed by atoms with E-state index in [0.29, 0.717) is 17.5 Å². The number of hydrogen-bond donors (Lipinski definition) is 0. The number of fused-ring (bicyclic) bond motifs is 2. The summed E-state index contributed by atoms with van der Waals surface area (Å²) in [6.45, 7) is 0.209. The minimum atomic E-state index is -3.91. The van der Waals surface area contributed by atoms with Gasteiger partial charge in [0.05, 0.1) is 15.5 Å². The van der Waals surface area contributed by atoms with E-state index in [1.54, 1.807) is 6.07 Å². The fourth-order valence-electron chi connectivity index (χ4n) is 3.04. The van der Waals surface area contributed by atoms with E-state index >= 15 is 0 Å². The first-order valence-corrected chi connectivity index (χ1v) is 9.14. The average molecular weight is 372 g/mol. The van der Waals surface area contributed by atoms with Crippen LogP contribution >= 0.6 is 0 Å². The van der Waals surface area contributed by atoms with Crippen molar-refractivity contribution in [1.29, 1.82) is 0 Å². The highest BCUT2D eigenvalue weighted by Gasteiger charge is 2.32. The van der Waals surface area contributed by atoms with Crippen LogP contribution < -0.4 is 9.93 Å². The number of nitrogens with zero attached hydrogens (tertiary/aromatic N) is 2. The molecule has 0 atom stereocenters. The maximum Gasteiger partial charge on any atom is 0.336 e. The van der Waals surface area contributed by atoms with Crippen LogP contribution in [0.15, 0.2) is 62.6 Å². The molecule has 1 aliphatic heterocycles. The van der Waals surface area contributed by atoms with Crippen LogP contribution in [0.3, 0.4) is 0 Å². The Labute approximate surface area is 147 Å².